The molecule has 0 aliphatic heterocycles. The number of methoxy groups -OCH3 is 1. The van der Waals surface area contributed by atoms with Crippen molar-refractivity contribution in [2.24, 2.45) is 0 Å². The molecule has 0 aliphatic rings. The summed E-state index contributed by atoms with van der Waals surface area (Å²) in [6.45, 7) is 0. The predicted molar refractivity (Wildman–Crippen MR) is 111 cm³/mol. The van der Waals surface area contributed by atoms with Gasteiger partial charge in [-0.25, -0.2) is 9.59 Å². The Morgan fingerprint density at radius 1 is 0.897 bits per heavy atom. The fraction of sp³-hybridized carbons (Fsp3) is 0.0909. The van der Waals surface area contributed by atoms with Gasteiger partial charge in [0.25, 0.3) is 0 Å². The first-order valence-electron chi connectivity index (χ1n) is 8.62. The third-order valence-electron chi connectivity index (χ3n) is 4.30. The fourth-order valence-electron chi connectivity index (χ4n) is 2.69. The molecule has 0 atom stereocenters. The van der Waals surface area contributed by atoms with Crippen LogP contribution in [-0.2, 0) is 0 Å². The first kappa shape index (κ1) is 20.2. The minimum absolute atomic E-state index is 0.190. The zero-order valence-electron chi connectivity index (χ0n) is 15.8. The second-order valence-electron chi connectivity index (χ2n) is 6.15. The molecule has 3 rings (SSSR count). The van der Waals surface area contributed by atoms with Crippen molar-refractivity contribution in [2.75, 3.05) is 19.1 Å². The Kier molecular flexibility index (Phi) is 6.04. The van der Waals surface area contributed by atoms with Gasteiger partial charge in [0.05, 0.1) is 18.2 Å². The van der Waals surface area contributed by atoms with Gasteiger partial charge in [-0.2, -0.15) is 0 Å². The van der Waals surface area contributed by atoms with E-state index < -0.39 is 11.9 Å². The standard InChI is InChI=1S/C22H18ClNO5/c1-24(17-5-3-4-15(12-17)21(25)26)18-10-11-19(20(13-18)28-2)29-22(27)14-6-8-16(23)9-7-14/h3-13H,1-2H3,(H,25,26). The molecular weight excluding hydrogens is 394 g/mol. The van der Waals surface area contributed by atoms with E-state index in [9.17, 15) is 14.7 Å². The summed E-state index contributed by atoms with van der Waals surface area (Å²) < 4.78 is 10.8. The molecule has 0 saturated heterocycles. The molecule has 0 heterocycles. The third kappa shape index (κ3) is 4.67. The number of carbonyl (C=O) groups excluding carboxylic acids is 1. The minimum Gasteiger partial charge on any atom is -0.493 e. The van der Waals surface area contributed by atoms with Crippen molar-refractivity contribution in [3.05, 3.63) is 82.9 Å². The molecule has 148 valence electrons. The molecule has 3 aromatic carbocycles. The highest BCUT2D eigenvalue weighted by Crippen LogP contribution is 2.34. The van der Waals surface area contributed by atoms with E-state index in [4.69, 9.17) is 21.1 Å². The molecule has 0 fully saturated rings. The van der Waals surface area contributed by atoms with Gasteiger partial charge in [-0.3, -0.25) is 0 Å². The first-order valence-corrected chi connectivity index (χ1v) is 8.99. The van der Waals surface area contributed by atoms with E-state index in [2.05, 4.69) is 0 Å². The van der Waals surface area contributed by atoms with Crippen molar-refractivity contribution in [3.8, 4) is 11.5 Å². The van der Waals surface area contributed by atoms with Gasteiger partial charge in [-0.1, -0.05) is 17.7 Å². The monoisotopic (exact) mass is 411 g/mol. The Hall–Kier alpha value is -3.51. The average molecular weight is 412 g/mol. The lowest BCUT2D eigenvalue weighted by Crippen LogP contribution is -2.12. The molecule has 6 nitrogen and oxygen atoms in total. The second kappa shape index (κ2) is 8.67. The number of ether oxygens (including phenoxy) is 2. The lowest BCUT2D eigenvalue weighted by molar-refractivity contribution is 0.0694. The molecule has 0 aliphatic carbocycles. The van der Waals surface area contributed by atoms with Crippen LogP contribution in [0.15, 0.2) is 66.7 Å². The average Bonchev–Trinajstić information content (AvgIpc) is 2.74. The highest BCUT2D eigenvalue weighted by atomic mass is 35.5. The number of nitrogens with zero attached hydrogens (tertiary/aromatic N) is 1. The van der Waals surface area contributed by atoms with Gasteiger partial charge in [-0.15, -0.1) is 0 Å². The number of carboxylic acids is 1. The molecule has 0 spiro atoms. The first-order chi connectivity index (χ1) is 13.9. The zero-order valence-corrected chi connectivity index (χ0v) is 16.5. The van der Waals surface area contributed by atoms with E-state index in [1.165, 1.54) is 13.2 Å². The molecular formula is C22H18ClNO5. The van der Waals surface area contributed by atoms with Crippen molar-refractivity contribution in [2.45, 2.75) is 0 Å². The third-order valence-corrected chi connectivity index (χ3v) is 4.55. The van der Waals surface area contributed by atoms with E-state index in [1.54, 1.807) is 72.6 Å². The number of esters is 1. The summed E-state index contributed by atoms with van der Waals surface area (Å²) in [4.78, 5) is 25.4. The van der Waals surface area contributed by atoms with Crippen molar-refractivity contribution in [3.63, 3.8) is 0 Å². The Balaban J connectivity index is 1.84. The fourth-order valence-corrected chi connectivity index (χ4v) is 2.82. The smallest absolute Gasteiger partial charge is 0.343 e. The Bertz CT molecular complexity index is 1050. The molecule has 0 radical (unpaired) electrons. The number of carbonyl (C=O) groups is 2. The Labute approximate surface area is 172 Å². The van der Waals surface area contributed by atoms with Crippen LogP contribution in [0.5, 0.6) is 11.5 Å². The minimum atomic E-state index is -0.998. The highest BCUT2D eigenvalue weighted by molar-refractivity contribution is 6.30. The van der Waals surface area contributed by atoms with Gasteiger partial charge in [0.2, 0.25) is 0 Å². The van der Waals surface area contributed by atoms with Crippen LogP contribution < -0.4 is 14.4 Å². The molecule has 7 heteroatoms. The number of halogens is 1. The number of rotatable bonds is 6. The van der Waals surface area contributed by atoms with Gasteiger partial charge in [-0.05, 0) is 54.6 Å². The largest absolute Gasteiger partial charge is 0.493 e. The quantitative estimate of drug-likeness (QED) is 0.452. The lowest BCUT2D eigenvalue weighted by atomic mass is 10.1. The normalized spacial score (nSPS) is 10.3. The predicted octanol–water partition coefficient (Wildman–Crippen LogP) is 5.03. The van der Waals surface area contributed by atoms with Crippen LogP contribution in [0.4, 0.5) is 11.4 Å². The Morgan fingerprint density at radius 3 is 2.24 bits per heavy atom. The van der Waals surface area contributed by atoms with Gasteiger partial charge in [0.1, 0.15) is 0 Å². The van der Waals surface area contributed by atoms with Gasteiger partial charge in [0.15, 0.2) is 11.5 Å². The van der Waals surface area contributed by atoms with Crippen molar-refractivity contribution in [1.82, 2.24) is 0 Å². The molecule has 29 heavy (non-hydrogen) atoms. The summed E-state index contributed by atoms with van der Waals surface area (Å²) in [5, 5.41) is 9.71. The van der Waals surface area contributed by atoms with Gasteiger partial charge in [0, 0.05) is 29.5 Å². The maximum Gasteiger partial charge on any atom is 0.343 e. The molecule has 1 N–H and O–H groups in total. The van der Waals surface area contributed by atoms with Crippen LogP contribution in [0.3, 0.4) is 0 Å². The number of carboxylic acid groups (broad SMARTS) is 1. The molecule has 0 saturated carbocycles. The molecule has 0 amide bonds. The summed E-state index contributed by atoms with van der Waals surface area (Å²) in [5.41, 5.74) is 1.98. The topological polar surface area (TPSA) is 76.1 Å². The van der Waals surface area contributed by atoms with Crippen LogP contribution in [0, 0.1) is 0 Å². The molecule has 0 unspecified atom stereocenters. The molecule has 0 aromatic heterocycles. The summed E-state index contributed by atoms with van der Waals surface area (Å²) in [5.74, 6) is -0.896. The van der Waals surface area contributed by atoms with Crippen LogP contribution in [0.25, 0.3) is 0 Å². The maximum atomic E-state index is 12.3. The summed E-state index contributed by atoms with van der Waals surface area (Å²) >= 11 is 5.84. The van der Waals surface area contributed by atoms with E-state index >= 15 is 0 Å². The van der Waals surface area contributed by atoms with Crippen LogP contribution in [0.1, 0.15) is 20.7 Å². The zero-order chi connectivity index (χ0) is 21.0. The van der Waals surface area contributed by atoms with Crippen molar-refractivity contribution >= 4 is 34.9 Å². The molecule has 3 aromatic rings. The van der Waals surface area contributed by atoms with Crippen molar-refractivity contribution < 1.29 is 24.2 Å². The number of hydrogen-bond donors (Lipinski definition) is 1. The van der Waals surface area contributed by atoms with E-state index in [0.29, 0.717) is 22.0 Å². The number of anilines is 2. The van der Waals surface area contributed by atoms with E-state index in [1.807, 2.05) is 0 Å². The Morgan fingerprint density at radius 2 is 1.59 bits per heavy atom. The maximum absolute atomic E-state index is 12.3. The molecule has 0 bridgehead atoms. The highest BCUT2D eigenvalue weighted by Gasteiger charge is 2.15. The number of benzene rings is 3. The summed E-state index contributed by atoms with van der Waals surface area (Å²) in [7, 11) is 3.28. The second-order valence-corrected chi connectivity index (χ2v) is 6.58. The number of aromatic carboxylic acids is 1. The van der Waals surface area contributed by atoms with Crippen LogP contribution >= 0.6 is 11.6 Å². The van der Waals surface area contributed by atoms with Crippen LogP contribution in [0.2, 0.25) is 5.02 Å². The van der Waals surface area contributed by atoms with Crippen LogP contribution in [-0.4, -0.2) is 31.2 Å². The van der Waals surface area contributed by atoms with E-state index in [-0.39, 0.29) is 11.3 Å². The summed E-state index contributed by atoms with van der Waals surface area (Å²) in [6.07, 6.45) is 0. The SMILES string of the molecule is COc1cc(N(C)c2cccc(C(=O)O)c2)ccc1OC(=O)c1ccc(Cl)cc1. The van der Waals surface area contributed by atoms with Gasteiger partial charge < -0.3 is 19.5 Å². The van der Waals surface area contributed by atoms with Gasteiger partial charge >= 0.3 is 11.9 Å². The van der Waals surface area contributed by atoms with E-state index in [0.717, 1.165) is 5.69 Å². The van der Waals surface area contributed by atoms with Crippen molar-refractivity contribution in [1.29, 1.82) is 0 Å². The lowest BCUT2D eigenvalue weighted by Gasteiger charge is -2.21. The summed E-state index contributed by atoms with van der Waals surface area (Å²) in [6, 6.07) is 18.0. The number of hydrogen-bond acceptors (Lipinski definition) is 5.